The van der Waals surface area contributed by atoms with Crippen LogP contribution >= 0.6 is 0 Å². The van der Waals surface area contributed by atoms with E-state index in [0.717, 1.165) is 67.8 Å². The third-order valence-electron chi connectivity index (χ3n) is 17.7. The molecular weight excluding hydrogens is 1130 g/mol. The van der Waals surface area contributed by atoms with Crippen LogP contribution in [0.25, 0.3) is 56.3 Å². The largest absolute Gasteiger partial charge is 0.456 e. The monoisotopic (exact) mass is 1180 g/mol. The Kier molecular flexibility index (Phi) is 12.8. The normalized spacial score (nSPS) is 15.4. The fraction of sp³-hybridized carbons (Fsp3) is 0.0256. The lowest BCUT2D eigenvalue weighted by atomic mass is 9.67. The Hall–Kier alpha value is -11.0. The molecule has 0 fully saturated rings. The number of furan rings is 1. The van der Waals surface area contributed by atoms with E-state index in [1.165, 1.54) is 34.1 Å². The summed E-state index contributed by atoms with van der Waals surface area (Å²) < 4.78 is 134. The van der Waals surface area contributed by atoms with Gasteiger partial charge in [0.2, 0.25) is 0 Å². The van der Waals surface area contributed by atoms with Crippen LogP contribution in [0.15, 0.2) is 260 Å². The van der Waals surface area contributed by atoms with E-state index in [-0.39, 0.29) is 44.7 Å². The van der Waals surface area contributed by atoms with E-state index in [9.17, 15) is 0 Å². The minimum Gasteiger partial charge on any atom is -0.456 e. The van der Waals surface area contributed by atoms with E-state index >= 15 is 35.1 Å². The van der Waals surface area contributed by atoms with Crippen LogP contribution in [0, 0.1) is 46.5 Å². The molecule has 2 aliphatic carbocycles. The zero-order valence-corrected chi connectivity index (χ0v) is 47.0. The fourth-order valence-corrected chi connectivity index (χ4v) is 13.9. The van der Waals surface area contributed by atoms with Gasteiger partial charge in [0.05, 0.1) is 44.4 Å². The van der Waals surface area contributed by atoms with Crippen molar-refractivity contribution in [3.8, 4) is 22.3 Å². The summed E-state index contributed by atoms with van der Waals surface area (Å²) in [5.41, 5.74) is 9.41. The lowest BCUT2D eigenvalue weighted by Gasteiger charge is -2.35. The number of rotatable bonds is 12. The predicted octanol–water partition coefficient (Wildman–Crippen LogP) is 21.7. The molecule has 0 aliphatic heterocycles. The fourth-order valence-electron chi connectivity index (χ4n) is 13.9. The first-order chi connectivity index (χ1) is 43.3. The summed E-state index contributed by atoms with van der Waals surface area (Å²) in [6, 6.07) is 67.4. The van der Waals surface area contributed by atoms with Crippen LogP contribution in [0.2, 0.25) is 0 Å². The van der Waals surface area contributed by atoms with Crippen LogP contribution < -0.4 is 9.80 Å². The number of benzene rings is 12. The molecule has 0 spiro atoms. The number of anilines is 6. The molecule has 2 unspecified atom stereocenters. The molecule has 13 aromatic rings. The van der Waals surface area contributed by atoms with E-state index < -0.39 is 68.7 Å². The van der Waals surface area contributed by atoms with Crippen LogP contribution in [0.4, 0.5) is 69.2 Å². The van der Waals surface area contributed by atoms with Crippen LogP contribution in [0.5, 0.6) is 0 Å². The van der Waals surface area contributed by atoms with Gasteiger partial charge in [-0.3, -0.25) is 0 Å². The molecule has 0 amide bonds. The molecular formula is C78H46F8N2O. The molecule has 0 saturated heterocycles. The number of fused-ring (bicyclic) bond motifs is 9. The highest BCUT2D eigenvalue weighted by molar-refractivity contribution is 6.19. The van der Waals surface area contributed by atoms with Crippen molar-refractivity contribution in [2.75, 3.05) is 9.80 Å². The molecule has 12 aromatic carbocycles. The first-order valence-corrected chi connectivity index (χ1v) is 28.6. The zero-order chi connectivity index (χ0) is 61.0. The third kappa shape index (κ3) is 8.25. The molecule has 15 rings (SSSR count). The maximum absolute atomic E-state index is 17.3. The van der Waals surface area contributed by atoms with Crippen LogP contribution in [-0.4, -0.2) is 0 Å². The van der Waals surface area contributed by atoms with Gasteiger partial charge < -0.3 is 14.2 Å². The third-order valence-corrected chi connectivity index (χ3v) is 17.7. The summed E-state index contributed by atoms with van der Waals surface area (Å²) in [5.74, 6) is -8.71. The van der Waals surface area contributed by atoms with Crippen molar-refractivity contribution in [1.29, 1.82) is 0 Å². The van der Waals surface area contributed by atoms with Gasteiger partial charge in [-0.15, -0.1) is 0 Å². The van der Waals surface area contributed by atoms with Crippen molar-refractivity contribution in [2.45, 2.75) is 10.8 Å². The van der Waals surface area contributed by atoms with E-state index in [0.29, 0.717) is 34.4 Å². The molecule has 0 saturated carbocycles. The minimum absolute atomic E-state index is 0.185. The van der Waals surface area contributed by atoms with Crippen molar-refractivity contribution in [1.82, 2.24) is 0 Å². The summed E-state index contributed by atoms with van der Waals surface area (Å²) in [6.45, 7) is 7.95. The molecule has 11 heteroatoms. The number of hydrogen-bond donors (Lipinski definition) is 0. The predicted molar refractivity (Wildman–Crippen MR) is 338 cm³/mol. The van der Waals surface area contributed by atoms with E-state index in [4.69, 9.17) is 4.42 Å². The Bertz CT molecular complexity index is 4740. The molecule has 0 bridgehead atoms. The first-order valence-electron chi connectivity index (χ1n) is 28.6. The Morgan fingerprint density at radius 3 is 1.03 bits per heavy atom. The maximum Gasteiger partial charge on any atom is 0.161 e. The Labute approximate surface area is 506 Å². The molecule has 0 radical (unpaired) electrons. The highest BCUT2D eigenvalue weighted by Gasteiger charge is 2.48. The van der Waals surface area contributed by atoms with Gasteiger partial charge in [-0.25, -0.2) is 35.1 Å². The summed E-state index contributed by atoms with van der Waals surface area (Å²) in [5, 5.41) is 0.556. The van der Waals surface area contributed by atoms with E-state index in [2.05, 4.69) is 13.2 Å². The van der Waals surface area contributed by atoms with Crippen molar-refractivity contribution in [2.24, 2.45) is 0 Å². The average Bonchev–Trinajstić information content (AvgIpc) is 1.59. The summed E-state index contributed by atoms with van der Waals surface area (Å²) in [4.78, 5) is 2.93. The van der Waals surface area contributed by atoms with Gasteiger partial charge >= 0.3 is 0 Å². The second-order valence-electron chi connectivity index (χ2n) is 22.2. The number of hydrogen-bond acceptors (Lipinski definition) is 3. The lowest BCUT2D eigenvalue weighted by Crippen LogP contribution is -2.29. The van der Waals surface area contributed by atoms with Gasteiger partial charge in [0.1, 0.15) is 34.4 Å². The quantitative estimate of drug-likeness (QED) is 0.0898. The van der Waals surface area contributed by atoms with Crippen LogP contribution in [0.3, 0.4) is 0 Å². The number of nitrogens with zero attached hydrogens (tertiary/aromatic N) is 2. The zero-order valence-electron chi connectivity index (χ0n) is 47.0. The molecule has 430 valence electrons. The van der Waals surface area contributed by atoms with Crippen molar-refractivity contribution < 1.29 is 39.5 Å². The van der Waals surface area contributed by atoms with Gasteiger partial charge in [-0.1, -0.05) is 171 Å². The van der Waals surface area contributed by atoms with Crippen molar-refractivity contribution >= 4 is 68.2 Å². The molecule has 2 atom stereocenters. The SMILES string of the molecule is C=Cc1ccc(C2(c3ccc(F)cc3)c3ccccc3-c3ccc(N(c4cc(F)c(F)cc4F)c4cccc5oc6cccc(N(c7ccc8c(c7)C(c7ccc(F)cc7)(c7ccc(C=C)cc7)c7ccccc7-8)c7cc(F)c(F)cc7F)c6c45)cc32)cc1. The van der Waals surface area contributed by atoms with Gasteiger partial charge in [0, 0.05) is 35.6 Å². The minimum atomic E-state index is -1.43. The molecule has 1 heterocycles. The Morgan fingerprint density at radius 2 is 0.652 bits per heavy atom. The second-order valence-corrected chi connectivity index (χ2v) is 22.2. The highest BCUT2D eigenvalue weighted by atomic mass is 19.2. The maximum atomic E-state index is 17.3. The molecule has 2 aliphatic rings. The molecule has 1 aromatic heterocycles. The van der Waals surface area contributed by atoms with Gasteiger partial charge in [0.15, 0.2) is 23.3 Å². The molecule has 3 nitrogen and oxygen atoms in total. The smallest absolute Gasteiger partial charge is 0.161 e. The van der Waals surface area contributed by atoms with Gasteiger partial charge in [-0.05, 0) is 151 Å². The van der Waals surface area contributed by atoms with Crippen molar-refractivity contribution in [3.05, 3.63) is 358 Å². The summed E-state index contributed by atoms with van der Waals surface area (Å²) in [6.07, 6.45) is 3.46. The average molecular weight is 1180 g/mol. The van der Waals surface area contributed by atoms with E-state index in [1.54, 1.807) is 84.9 Å². The van der Waals surface area contributed by atoms with Crippen molar-refractivity contribution in [3.63, 3.8) is 0 Å². The van der Waals surface area contributed by atoms with Crippen LogP contribution in [-0.2, 0) is 10.8 Å². The summed E-state index contributed by atoms with van der Waals surface area (Å²) in [7, 11) is 0. The topological polar surface area (TPSA) is 19.6 Å². The highest BCUT2D eigenvalue weighted by Crippen LogP contribution is 2.60. The second kappa shape index (κ2) is 20.8. The standard InChI is InChI=1S/C78H46F8N2O/c1-3-45-19-23-47(24-20-45)77(49-27-31-51(79)32-28-49)59-13-7-5-11-55(59)57-37-35-53(39-61(57)77)87(71-43-65(83)63(81)41-67(71)85)69-15-9-17-73-75(69)76-70(16-10-18-74(76)89-73)88(72-44-66(84)64(82)42-68(72)86)54-36-38-58-56-12-6-8-14-60(56)78(62(58)40-54,50-29-33-52(80)34-30-50)48-25-21-46(4-2)22-26-48/h3-44H,1-2H2. The van der Waals surface area contributed by atoms with Gasteiger partial charge in [0.25, 0.3) is 0 Å². The molecule has 89 heavy (non-hydrogen) atoms. The van der Waals surface area contributed by atoms with Crippen LogP contribution in [0.1, 0.15) is 55.6 Å². The Balaban J connectivity index is 1.01. The lowest BCUT2D eigenvalue weighted by molar-refractivity contribution is 0.495. The molecule has 0 N–H and O–H groups in total. The van der Waals surface area contributed by atoms with Gasteiger partial charge in [-0.2, -0.15) is 0 Å². The van der Waals surface area contributed by atoms with E-state index in [1.807, 2.05) is 121 Å². The number of halogens is 8. The first kappa shape index (κ1) is 54.6. The Morgan fingerprint density at radius 1 is 0.303 bits per heavy atom. The summed E-state index contributed by atoms with van der Waals surface area (Å²) >= 11 is 0.